The lowest BCUT2D eigenvalue weighted by Gasteiger charge is -2.36. The van der Waals surface area contributed by atoms with Gasteiger partial charge in [0.05, 0.1) is 0 Å². The third kappa shape index (κ3) is 4.46. The summed E-state index contributed by atoms with van der Waals surface area (Å²) in [5.74, 6) is 0.453. The predicted octanol–water partition coefficient (Wildman–Crippen LogP) is 2.64. The van der Waals surface area contributed by atoms with Gasteiger partial charge in [0.1, 0.15) is 5.56 Å². The zero-order valence-electron chi connectivity index (χ0n) is 18.8. The molecule has 0 radical (unpaired) electrons. The molecule has 4 rings (SSSR count). The van der Waals surface area contributed by atoms with Gasteiger partial charge in [-0.15, -0.1) is 0 Å². The number of likely N-dealkylation sites (tertiary alicyclic amines) is 2. The van der Waals surface area contributed by atoms with Crippen molar-refractivity contribution in [3.8, 4) is 0 Å². The van der Waals surface area contributed by atoms with E-state index in [0.29, 0.717) is 55.9 Å². The maximum absolute atomic E-state index is 13.1. The number of hydrogen-bond donors (Lipinski definition) is 1. The number of aromatic nitrogens is 1. The van der Waals surface area contributed by atoms with Crippen LogP contribution < -0.4 is 5.56 Å². The number of Topliss-reactive ketones (excluding diaryl/α,β-unsaturated/α-hetero) is 1. The number of fused-ring (bicyclic) bond motifs is 1. The standard InChI is InChI=1S/C24H33N3O4/c1-15-4-8-26(9-5-15)22(30)16-6-10-27(11-7-16)23(31)18-12-17-19(25-21(18)29)13-24(2,3)14-20(17)28/h12,15-16H,4-11,13-14H2,1-3H3,(H,25,29). The highest BCUT2D eigenvalue weighted by Gasteiger charge is 2.35. The number of piperidine rings is 2. The Balaban J connectivity index is 1.42. The second-order valence-electron chi connectivity index (χ2n) is 10.4. The quantitative estimate of drug-likeness (QED) is 0.786. The smallest absolute Gasteiger partial charge is 0.261 e. The van der Waals surface area contributed by atoms with Gasteiger partial charge in [0, 0.05) is 49.8 Å². The summed E-state index contributed by atoms with van der Waals surface area (Å²) in [4.78, 5) is 57.5. The molecular weight excluding hydrogens is 394 g/mol. The minimum Gasteiger partial charge on any atom is -0.342 e. The van der Waals surface area contributed by atoms with Gasteiger partial charge in [0.25, 0.3) is 11.5 Å². The van der Waals surface area contributed by atoms with Crippen molar-refractivity contribution >= 4 is 17.6 Å². The molecule has 0 aromatic carbocycles. The Morgan fingerprint density at radius 3 is 2.23 bits per heavy atom. The van der Waals surface area contributed by atoms with Crippen LogP contribution in [-0.4, -0.2) is 58.6 Å². The summed E-state index contributed by atoms with van der Waals surface area (Å²) in [5.41, 5.74) is 0.491. The van der Waals surface area contributed by atoms with E-state index in [4.69, 9.17) is 0 Å². The molecule has 1 aromatic rings. The molecule has 0 atom stereocenters. The third-order valence-corrected chi connectivity index (χ3v) is 7.17. The summed E-state index contributed by atoms with van der Waals surface area (Å²) in [6.07, 6.45) is 4.36. The average molecular weight is 428 g/mol. The highest BCUT2D eigenvalue weighted by molar-refractivity contribution is 6.02. The number of H-pyrrole nitrogens is 1. The SMILES string of the molecule is CC1CCN(C(=O)C2CCN(C(=O)c3cc4c([nH]c3=O)CC(C)(C)CC4=O)CC2)CC1. The fourth-order valence-corrected chi connectivity index (χ4v) is 5.17. The van der Waals surface area contributed by atoms with Crippen LogP contribution in [0.5, 0.6) is 0 Å². The van der Waals surface area contributed by atoms with Gasteiger partial charge < -0.3 is 14.8 Å². The zero-order chi connectivity index (χ0) is 22.3. The lowest BCUT2D eigenvalue weighted by Crippen LogP contribution is -2.47. The summed E-state index contributed by atoms with van der Waals surface area (Å²) in [7, 11) is 0. The summed E-state index contributed by atoms with van der Waals surface area (Å²) < 4.78 is 0. The highest BCUT2D eigenvalue weighted by atomic mass is 16.2. The number of aromatic amines is 1. The topological polar surface area (TPSA) is 90.6 Å². The molecule has 2 saturated heterocycles. The van der Waals surface area contributed by atoms with Crippen molar-refractivity contribution in [2.45, 2.75) is 59.3 Å². The number of amides is 2. The molecule has 2 fully saturated rings. The van der Waals surface area contributed by atoms with Crippen LogP contribution in [0.1, 0.15) is 79.3 Å². The van der Waals surface area contributed by atoms with Gasteiger partial charge in [-0.1, -0.05) is 20.8 Å². The Labute approximate surface area is 183 Å². The second kappa shape index (κ2) is 8.24. The van der Waals surface area contributed by atoms with Gasteiger partial charge >= 0.3 is 0 Å². The average Bonchev–Trinajstić information content (AvgIpc) is 2.72. The van der Waals surface area contributed by atoms with Crippen molar-refractivity contribution in [2.75, 3.05) is 26.2 Å². The van der Waals surface area contributed by atoms with Gasteiger partial charge in [-0.3, -0.25) is 19.2 Å². The molecule has 0 bridgehead atoms. The Morgan fingerprint density at radius 2 is 1.58 bits per heavy atom. The van der Waals surface area contributed by atoms with E-state index in [2.05, 4.69) is 11.9 Å². The molecule has 1 N–H and O–H groups in total. The third-order valence-electron chi connectivity index (χ3n) is 7.17. The fourth-order valence-electron chi connectivity index (χ4n) is 5.17. The van der Waals surface area contributed by atoms with Crippen LogP contribution in [0.4, 0.5) is 0 Å². The molecule has 168 valence electrons. The van der Waals surface area contributed by atoms with E-state index >= 15 is 0 Å². The summed E-state index contributed by atoms with van der Waals surface area (Å²) in [6.45, 7) is 8.79. The first-order valence-electron chi connectivity index (χ1n) is 11.5. The van der Waals surface area contributed by atoms with Crippen LogP contribution >= 0.6 is 0 Å². The minimum atomic E-state index is -0.435. The van der Waals surface area contributed by atoms with Crippen LogP contribution in [0.25, 0.3) is 0 Å². The summed E-state index contributed by atoms with van der Waals surface area (Å²) in [6, 6.07) is 1.49. The number of carbonyl (C=O) groups excluding carboxylic acids is 3. The van der Waals surface area contributed by atoms with Crippen molar-refractivity contribution in [3.05, 3.63) is 33.2 Å². The van der Waals surface area contributed by atoms with E-state index < -0.39 is 5.56 Å². The molecule has 1 aliphatic carbocycles. The molecule has 0 saturated carbocycles. The van der Waals surface area contributed by atoms with Crippen molar-refractivity contribution in [3.63, 3.8) is 0 Å². The molecule has 3 heterocycles. The van der Waals surface area contributed by atoms with E-state index in [1.165, 1.54) is 6.07 Å². The maximum Gasteiger partial charge on any atom is 0.261 e. The van der Waals surface area contributed by atoms with Gasteiger partial charge in [0.15, 0.2) is 5.78 Å². The highest BCUT2D eigenvalue weighted by Crippen LogP contribution is 2.33. The maximum atomic E-state index is 13.1. The monoisotopic (exact) mass is 427 g/mol. The van der Waals surface area contributed by atoms with Gasteiger partial charge in [-0.25, -0.2) is 0 Å². The first kappa shape index (κ1) is 21.8. The number of pyridine rings is 1. The zero-order valence-corrected chi connectivity index (χ0v) is 18.8. The summed E-state index contributed by atoms with van der Waals surface area (Å²) in [5, 5.41) is 0. The molecule has 1 aromatic heterocycles. The molecule has 3 aliphatic rings. The Morgan fingerprint density at radius 1 is 0.968 bits per heavy atom. The van der Waals surface area contributed by atoms with Crippen molar-refractivity contribution in [1.82, 2.24) is 14.8 Å². The first-order valence-corrected chi connectivity index (χ1v) is 11.5. The largest absolute Gasteiger partial charge is 0.342 e. The minimum absolute atomic E-state index is 0.0293. The Bertz CT molecular complexity index is 948. The number of ketones is 1. The van der Waals surface area contributed by atoms with Crippen LogP contribution in [0.2, 0.25) is 0 Å². The normalized spacial score (nSPS) is 22.4. The number of nitrogens with zero attached hydrogens (tertiary/aromatic N) is 2. The predicted molar refractivity (Wildman–Crippen MR) is 117 cm³/mol. The molecule has 7 heteroatoms. The molecular formula is C24H33N3O4. The number of carbonyl (C=O) groups is 3. The lowest BCUT2D eigenvalue weighted by atomic mass is 9.75. The second-order valence-corrected chi connectivity index (χ2v) is 10.4. The Kier molecular flexibility index (Phi) is 5.79. The number of hydrogen-bond acceptors (Lipinski definition) is 4. The van der Waals surface area contributed by atoms with E-state index in [-0.39, 0.29) is 34.5 Å². The number of rotatable bonds is 2. The molecule has 2 aliphatic heterocycles. The van der Waals surface area contributed by atoms with Gasteiger partial charge in [-0.05, 0) is 49.5 Å². The lowest BCUT2D eigenvalue weighted by molar-refractivity contribution is -0.138. The Hall–Kier alpha value is -2.44. The first-order chi connectivity index (χ1) is 14.6. The van der Waals surface area contributed by atoms with Crippen LogP contribution in [0, 0.1) is 17.3 Å². The number of nitrogens with one attached hydrogen (secondary N) is 1. The van der Waals surface area contributed by atoms with E-state index in [1.807, 2.05) is 18.7 Å². The van der Waals surface area contributed by atoms with Crippen molar-refractivity contribution in [1.29, 1.82) is 0 Å². The molecule has 0 spiro atoms. The van der Waals surface area contributed by atoms with E-state index in [9.17, 15) is 19.2 Å². The van der Waals surface area contributed by atoms with Crippen LogP contribution in [-0.2, 0) is 11.2 Å². The van der Waals surface area contributed by atoms with Crippen LogP contribution in [0.15, 0.2) is 10.9 Å². The fraction of sp³-hybridized carbons (Fsp3) is 0.667. The van der Waals surface area contributed by atoms with E-state index in [0.717, 1.165) is 25.9 Å². The molecule has 31 heavy (non-hydrogen) atoms. The van der Waals surface area contributed by atoms with E-state index in [1.54, 1.807) is 4.90 Å². The van der Waals surface area contributed by atoms with Crippen molar-refractivity contribution in [2.24, 2.45) is 17.3 Å². The summed E-state index contributed by atoms with van der Waals surface area (Å²) >= 11 is 0. The van der Waals surface area contributed by atoms with Gasteiger partial charge in [-0.2, -0.15) is 0 Å². The van der Waals surface area contributed by atoms with Crippen molar-refractivity contribution < 1.29 is 14.4 Å². The molecule has 2 amide bonds. The van der Waals surface area contributed by atoms with Gasteiger partial charge in [0.2, 0.25) is 5.91 Å². The molecule has 7 nitrogen and oxygen atoms in total. The molecule has 0 unspecified atom stereocenters. The van der Waals surface area contributed by atoms with Crippen LogP contribution in [0.3, 0.4) is 0 Å².